The highest BCUT2D eigenvalue weighted by Gasteiger charge is 2.08. The first kappa shape index (κ1) is 15.2. The molecule has 0 bridgehead atoms. The molecule has 1 unspecified atom stereocenters. The van der Waals surface area contributed by atoms with Crippen LogP contribution in [0, 0.1) is 13.8 Å². The zero-order valence-corrected chi connectivity index (χ0v) is 13.1. The van der Waals surface area contributed by atoms with Crippen molar-refractivity contribution in [3.05, 3.63) is 65.5 Å². The minimum absolute atomic E-state index is 0.373. The second-order valence-corrected chi connectivity index (χ2v) is 5.49. The highest BCUT2D eigenvalue weighted by atomic mass is 16.3. The molecule has 0 aliphatic rings. The molecule has 0 aliphatic heterocycles. The molecular weight excluding hydrogens is 290 g/mol. The van der Waals surface area contributed by atoms with Crippen LogP contribution in [0.2, 0.25) is 0 Å². The van der Waals surface area contributed by atoms with E-state index in [1.165, 1.54) is 0 Å². The molecule has 6 nitrogen and oxygen atoms in total. The Morgan fingerprint density at radius 2 is 2.00 bits per heavy atom. The number of aryl methyl sites for hydroxylation is 2. The van der Waals surface area contributed by atoms with Crippen LogP contribution in [-0.4, -0.2) is 31.6 Å². The lowest BCUT2D eigenvalue weighted by atomic mass is 10.1. The van der Waals surface area contributed by atoms with Crippen LogP contribution in [0.5, 0.6) is 0 Å². The van der Waals surface area contributed by atoms with Gasteiger partial charge in [0.1, 0.15) is 5.82 Å². The van der Waals surface area contributed by atoms with Crippen molar-refractivity contribution in [2.75, 3.05) is 11.9 Å². The molecule has 2 heterocycles. The molecule has 0 amide bonds. The van der Waals surface area contributed by atoms with E-state index in [1.807, 2.05) is 62.5 Å². The van der Waals surface area contributed by atoms with Crippen molar-refractivity contribution < 1.29 is 5.11 Å². The van der Waals surface area contributed by atoms with Crippen molar-refractivity contribution in [3.8, 4) is 5.82 Å². The summed E-state index contributed by atoms with van der Waals surface area (Å²) in [6.45, 7) is 4.30. The minimum atomic E-state index is -0.592. The van der Waals surface area contributed by atoms with Gasteiger partial charge in [0.2, 0.25) is 0 Å². The Balaban J connectivity index is 1.62. The molecular formula is C17H19N5O. The van der Waals surface area contributed by atoms with E-state index >= 15 is 0 Å². The van der Waals surface area contributed by atoms with Crippen LogP contribution >= 0.6 is 0 Å². The van der Waals surface area contributed by atoms with Crippen molar-refractivity contribution in [1.82, 2.24) is 20.0 Å². The number of aliphatic hydroxyl groups is 1. The molecule has 2 N–H and O–H groups in total. The van der Waals surface area contributed by atoms with Crippen molar-refractivity contribution >= 4 is 5.82 Å². The van der Waals surface area contributed by atoms with E-state index < -0.39 is 6.10 Å². The summed E-state index contributed by atoms with van der Waals surface area (Å²) < 4.78 is 1.67. The third kappa shape index (κ3) is 3.73. The van der Waals surface area contributed by atoms with Gasteiger partial charge in [0.15, 0.2) is 5.82 Å². The maximum absolute atomic E-state index is 10.2. The molecule has 2 aromatic heterocycles. The van der Waals surface area contributed by atoms with Gasteiger partial charge in [-0.25, -0.2) is 4.68 Å². The quantitative estimate of drug-likeness (QED) is 0.757. The lowest BCUT2D eigenvalue weighted by Crippen LogP contribution is -2.13. The number of benzene rings is 1. The number of rotatable bonds is 5. The number of nitrogens with zero attached hydrogens (tertiary/aromatic N) is 4. The van der Waals surface area contributed by atoms with Gasteiger partial charge in [0.25, 0.3) is 0 Å². The van der Waals surface area contributed by atoms with Crippen molar-refractivity contribution in [2.45, 2.75) is 20.0 Å². The summed E-state index contributed by atoms with van der Waals surface area (Å²) in [6, 6.07) is 13.4. The summed E-state index contributed by atoms with van der Waals surface area (Å²) in [5.74, 6) is 1.27. The number of hydrogen-bond donors (Lipinski definition) is 2. The normalized spacial score (nSPS) is 12.1. The van der Waals surface area contributed by atoms with E-state index in [9.17, 15) is 5.11 Å². The second-order valence-electron chi connectivity index (χ2n) is 5.49. The molecule has 0 fully saturated rings. The Morgan fingerprint density at radius 1 is 1.13 bits per heavy atom. The number of aromatic nitrogens is 4. The van der Waals surface area contributed by atoms with Gasteiger partial charge in [0.05, 0.1) is 11.8 Å². The molecule has 3 aromatic rings. The van der Waals surface area contributed by atoms with E-state index in [0.29, 0.717) is 18.2 Å². The van der Waals surface area contributed by atoms with E-state index in [1.54, 1.807) is 4.68 Å². The number of anilines is 1. The first-order valence-electron chi connectivity index (χ1n) is 7.47. The summed E-state index contributed by atoms with van der Waals surface area (Å²) in [7, 11) is 0. The summed E-state index contributed by atoms with van der Waals surface area (Å²) >= 11 is 0. The van der Waals surface area contributed by atoms with Gasteiger partial charge in [-0.05, 0) is 37.6 Å². The molecule has 0 saturated carbocycles. The molecule has 3 rings (SSSR count). The molecule has 1 atom stereocenters. The summed E-state index contributed by atoms with van der Waals surface area (Å²) in [5.41, 5.74) is 2.93. The first-order chi connectivity index (χ1) is 11.1. The van der Waals surface area contributed by atoms with Crippen molar-refractivity contribution in [2.24, 2.45) is 0 Å². The minimum Gasteiger partial charge on any atom is -0.387 e. The fourth-order valence-electron chi connectivity index (χ4n) is 2.28. The summed E-state index contributed by atoms with van der Waals surface area (Å²) in [5, 5.41) is 25.8. The molecule has 0 radical (unpaired) electrons. The fourth-order valence-corrected chi connectivity index (χ4v) is 2.28. The second kappa shape index (κ2) is 6.58. The van der Waals surface area contributed by atoms with Gasteiger partial charge in [0, 0.05) is 12.7 Å². The standard InChI is InChI=1S/C17H19N5O/c1-12-4-3-5-14(10-12)15(23)11-18-16-6-7-17(20-19-16)22-9-8-13(2)21-22/h3-10,15,23H,11H2,1-2H3,(H,18,19). The number of hydrogen-bond acceptors (Lipinski definition) is 5. The molecule has 23 heavy (non-hydrogen) atoms. The van der Waals surface area contributed by atoms with Crippen LogP contribution in [0.1, 0.15) is 22.9 Å². The Morgan fingerprint density at radius 3 is 2.65 bits per heavy atom. The van der Waals surface area contributed by atoms with Gasteiger partial charge in [-0.15, -0.1) is 10.2 Å². The Kier molecular flexibility index (Phi) is 4.34. The third-order valence-corrected chi connectivity index (χ3v) is 3.51. The Hall–Kier alpha value is -2.73. The molecule has 0 saturated heterocycles. The van der Waals surface area contributed by atoms with Gasteiger partial charge in [-0.3, -0.25) is 0 Å². The topological polar surface area (TPSA) is 75.9 Å². The Bertz CT molecular complexity index is 782. The zero-order valence-electron chi connectivity index (χ0n) is 13.1. The molecule has 118 valence electrons. The van der Waals surface area contributed by atoms with Gasteiger partial charge in [-0.1, -0.05) is 29.8 Å². The van der Waals surface area contributed by atoms with Gasteiger partial charge < -0.3 is 10.4 Å². The molecule has 0 aliphatic carbocycles. The first-order valence-corrected chi connectivity index (χ1v) is 7.47. The average Bonchev–Trinajstić information content (AvgIpc) is 2.99. The van der Waals surface area contributed by atoms with E-state index in [-0.39, 0.29) is 0 Å². The summed E-state index contributed by atoms with van der Waals surface area (Å²) in [6.07, 6.45) is 1.25. The van der Waals surface area contributed by atoms with Crippen molar-refractivity contribution in [1.29, 1.82) is 0 Å². The maximum atomic E-state index is 10.2. The smallest absolute Gasteiger partial charge is 0.175 e. The van der Waals surface area contributed by atoms with Crippen LogP contribution in [0.4, 0.5) is 5.82 Å². The van der Waals surface area contributed by atoms with Crippen LogP contribution in [0.15, 0.2) is 48.7 Å². The average molecular weight is 309 g/mol. The fraction of sp³-hybridized carbons (Fsp3) is 0.235. The van der Waals surface area contributed by atoms with Gasteiger partial charge >= 0.3 is 0 Å². The van der Waals surface area contributed by atoms with E-state index in [2.05, 4.69) is 20.6 Å². The SMILES string of the molecule is Cc1cccc(C(O)CNc2ccc(-n3ccc(C)n3)nn2)c1. The predicted octanol–water partition coefficient (Wildman–Crippen LogP) is 2.42. The maximum Gasteiger partial charge on any atom is 0.175 e. The lowest BCUT2D eigenvalue weighted by molar-refractivity contribution is 0.191. The largest absolute Gasteiger partial charge is 0.387 e. The number of aliphatic hydroxyl groups excluding tert-OH is 1. The highest BCUT2D eigenvalue weighted by molar-refractivity contribution is 5.37. The van der Waals surface area contributed by atoms with Crippen molar-refractivity contribution in [3.63, 3.8) is 0 Å². The van der Waals surface area contributed by atoms with E-state index in [4.69, 9.17) is 0 Å². The van der Waals surface area contributed by atoms with E-state index in [0.717, 1.165) is 16.8 Å². The zero-order chi connectivity index (χ0) is 16.2. The highest BCUT2D eigenvalue weighted by Crippen LogP contribution is 2.15. The predicted molar refractivity (Wildman–Crippen MR) is 88.5 cm³/mol. The Labute approximate surface area is 134 Å². The molecule has 1 aromatic carbocycles. The van der Waals surface area contributed by atoms with Crippen LogP contribution in [0.3, 0.4) is 0 Å². The van der Waals surface area contributed by atoms with Crippen LogP contribution in [-0.2, 0) is 0 Å². The van der Waals surface area contributed by atoms with Gasteiger partial charge in [-0.2, -0.15) is 5.10 Å². The molecule has 6 heteroatoms. The summed E-state index contributed by atoms with van der Waals surface area (Å²) in [4.78, 5) is 0. The molecule has 0 spiro atoms. The van der Waals surface area contributed by atoms with Crippen LogP contribution < -0.4 is 5.32 Å². The van der Waals surface area contributed by atoms with Crippen LogP contribution in [0.25, 0.3) is 5.82 Å². The lowest BCUT2D eigenvalue weighted by Gasteiger charge is -2.13. The third-order valence-electron chi connectivity index (χ3n) is 3.51. The number of nitrogens with one attached hydrogen (secondary N) is 1. The monoisotopic (exact) mass is 309 g/mol.